The molecule has 0 aliphatic heterocycles. The van der Waals surface area contributed by atoms with Crippen molar-refractivity contribution in [3.05, 3.63) is 36.5 Å². The predicted octanol–water partition coefficient (Wildman–Crippen LogP) is 15.2. The monoisotopic (exact) mass is 909 g/mol. The minimum atomic E-state index is -4.60. The second-order valence-electron chi connectivity index (χ2n) is 19.6. The van der Waals surface area contributed by atoms with E-state index in [2.05, 4.69) is 43.5 Å². The molecular weight excluding hydrogens is 804 g/mol. The van der Waals surface area contributed by atoms with Crippen molar-refractivity contribution >= 4 is 13.7 Å². The Bertz CT molecular complexity index is 1120. The first kappa shape index (κ1) is 61.7. The lowest BCUT2D eigenvalue weighted by Gasteiger charge is -2.29. The molecule has 0 spiro atoms. The summed E-state index contributed by atoms with van der Waals surface area (Å²) in [5, 5.41) is 13.8. The van der Waals surface area contributed by atoms with Crippen LogP contribution in [-0.2, 0) is 18.4 Å². The molecule has 0 aliphatic rings. The van der Waals surface area contributed by atoms with Gasteiger partial charge >= 0.3 is 0 Å². The summed E-state index contributed by atoms with van der Waals surface area (Å²) in [7, 11) is 1.25. The molecule has 2 N–H and O–H groups in total. The predicted molar refractivity (Wildman–Crippen MR) is 270 cm³/mol. The summed E-state index contributed by atoms with van der Waals surface area (Å²) in [6.45, 7) is 4.64. The molecule has 8 nitrogen and oxygen atoms in total. The van der Waals surface area contributed by atoms with Gasteiger partial charge in [-0.05, 0) is 57.8 Å². The number of unbranched alkanes of at least 4 members (excludes halogenated alkanes) is 32. The number of amides is 1. The van der Waals surface area contributed by atoms with Gasteiger partial charge in [0.2, 0.25) is 5.91 Å². The normalized spacial score (nSPS) is 14.3. The summed E-state index contributed by atoms with van der Waals surface area (Å²) in [4.78, 5) is 25.4. The molecule has 0 saturated carbocycles. The molecule has 0 aromatic carbocycles. The lowest BCUT2D eigenvalue weighted by atomic mass is 10.0. The molecule has 0 fully saturated rings. The van der Waals surface area contributed by atoms with Crippen LogP contribution in [0, 0.1) is 0 Å². The number of nitrogens with one attached hydrogen (secondary N) is 1. The van der Waals surface area contributed by atoms with Gasteiger partial charge in [-0.15, -0.1) is 0 Å². The summed E-state index contributed by atoms with van der Waals surface area (Å²) in [6.07, 6.45) is 57.8. The van der Waals surface area contributed by atoms with Crippen LogP contribution in [0.1, 0.15) is 251 Å². The van der Waals surface area contributed by atoms with Crippen LogP contribution in [0.15, 0.2) is 36.5 Å². The molecule has 0 aliphatic carbocycles. The Kier molecular flexibility index (Phi) is 44.9. The Hall–Kier alpha value is -1.28. The molecule has 0 heterocycles. The van der Waals surface area contributed by atoms with Gasteiger partial charge < -0.3 is 28.8 Å². The van der Waals surface area contributed by atoms with Crippen molar-refractivity contribution in [2.75, 3.05) is 40.9 Å². The first-order valence-corrected chi connectivity index (χ1v) is 28.3. The highest BCUT2D eigenvalue weighted by atomic mass is 31.2. The molecule has 0 radical (unpaired) electrons. The van der Waals surface area contributed by atoms with Gasteiger partial charge in [0.15, 0.2) is 0 Å². The fourth-order valence-corrected chi connectivity index (χ4v) is 8.53. The van der Waals surface area contributed by atoms with Gasteiger partial charge in [-0.1, -0.05) is 224 Å². The maximum Gasteiger partial charge on any atom is 0.268 e. The zero-order chi connectivity index (χ0) is 46.4. The topological polar surface area (TPSA) is 108 Å². The third-order valence-corrected chi connectivity index (χ3v) is 13.0. The van der Waals surface area contributed by atoms with Crippen molar-refractivity contribution in [2.24, 2.45) is 0 Å². The molecular formula is C54H105N2O6P. The van der Waals surface area contributed by atoms with E-state index in [0.29, 0.717) is 17.4 Å². The molecule has 9 heteroatoms. The van der Waals surface area contributed by atoms with Crippen LogP contribution < -0.4 is 10.2 Å². The number of rotatable bonds is 49. The zero-order valence-electron chi connectivity index (χ0n) is 42.3. The van der Waals surface area contributed by atoms with E-state index in [-0.39, 0.29) is 12.5 Å². The average molecular weight is 909 g/mol. The SMILES string of the molecule is CCCCCCCCCC/C=C\CCCCCCCCCCCCCCCC(=O)NC(COP(=O)([O-])OCC[N+](C)(C)C)C(O)/C=C/CC/C=C/CCCCCCCCCCCC. The maximum absolute atomic E-state index is 12.9. The molecule has 0 rings (SSSR count). The fraction of sp³-hybridized carbons (Fsp3) is 0.870. The van der Waals surface area contributed by atoms with E-state index in [1.807, 2.05) is 27.2 Å². The van der Waals surface area contributed by atoms with Gasteiger partial charge in [-0.2, -0.15) is 0 Å². The van der Waals surface area contributed by atoms with Gasteiger partial charge in [-0.25, -0.2) is 0 Å². The van der Waals surface area contributed by atoms with Crippen molar-refractivity contribution in [2.45, 2.75) is 264 Å². The molecule has 1 amide bonds. The minimum absolute atomic E-state index is 0.00558. The Balaban J connectivity index is 4.24. The molecule has 0 bridgehead atoms. The van der Waals surface area contributed by atoms with Crippen LogP contribution in [0.4, 0.5) is 0 Å². The number of phosphoric acid groups is 1. The van der Waals surface area contributed by atoms with Gasteiger partial charge in [0.05, 0.1) is 39.9 Å². The van der Waals surface area contributed by atoms with E-state index in [9.17, 15) is 19.4 Å². The van der Waals surface area contributed by atoms with Crippen molar-refractivity contribution < 1.29 is 32.9 Å². The lowest BCUT2D eigenvalue weighted by Crippen LogP contribution is -2.45. The second-order valence-corrected chi connectivity index (χ2v) is 21.0. The highest BCUT2D eigenvalue weighted by Gasteiger charge is 2.23. The van der Waals surface area contributed by atoms with E-state index >= 15 is 0 Å². The number of likely N-dealkylation sites (N-methyl/N-ethyl adjacent to an activating group) is 1. The van der Waals surface area contributed by atoms with Crippen LogP contribution >= 0.6 is 7.82 Å². The van der Waals surface area contributed by atoms with Crippen LogP contribution in [0.5, 0.6) is 0 Å². The number of aliphatic hydroxyl groups excluding tert-OH is 1. The third kappa shape index (κ3) is 48.5. The molecule has 0 aromatic heterocycles. The standard InChI is InChI=1S/C54H105N2O6P/c1-6-8-10-12-14-16-18-20-22-24-25-26-27-28-29-30-31-32-34-36-38-40-42-44-46-48-54(58)55-52(51-62-63(59,60)61-50-49-56(3,4)5)53(57)47-45-43-41-39-37-35-33-23-21-19-17-15-13-11-9-7-2/h24-25,37,39,45,47,52-53,57H,6-23,26-36,38,40-44,46,48-51H2,1-5H3,(H-,55,58,59,60)/b25-24-,39-37+,47-45+. The Morgan fingerprint density at radius 2 is 0.889 bits per heavy atom. The molecule has 0 aromatic rings. The van der Waals surface area contributed by atoms with E-state index in [1.54, 1.807) is 6.08 Å². The van der Waals surface area contributed by atoms with E-state index in [1.165, 1.54) is 193 Å². The maximum atomic E-state index is 12.9. The summed E-state index contributed by atoms with van der Waals surface area (Å²) < 4.78 is 23.3. The lowest BCUT2D eigenvalue weighted by molar-refractivity contribution is -0.870. The fourth-order valence-electron chi connectivity index (χ4n) is 7.81. The van der Waals surface area contributed by atoms with E-state index in [0.717, 1.165) is 38.5 Å². The molecule has 372 valence electrons. The van der Waals surface area contributed by atoms with Crippen molar-refractivity contribution in [1.82, 2.24) is 5.32 Å². The van der Waals surface area contributed by atoms with Gasteiger partial charge in [-0.3, -0.25) is 9.36 Å². The molecule has 63 heavy (non-hydrogen) atoms. The number of carbonyl (C=O) groups excluding carboxylic acids is 1. The summed E-state index contributed by atoms with van der Waals surface area (Å²) in [6, 6.07) is -0.902. The number of hydrogen-bond donors (Lipinski definition) is 2. The third-order valence-electron chi connectivity index (χ3n) is 12.1. The van der Waals surface area contributed by atoms with Gasteiger partial charge in [0.25, 0.3) is 7.82 Å². The number of phosphoric ester groups is 1. The number of aliphatic hydroxyl groups is 1. The second kappa shape index (κ2) is 45.9. The first-order valence-electron chi connectivity index (χ1n) is 26.9. The Labute approximate surface area is 391 Å². The van der Waals surface area contributed by atoms with Crippen molar-refractivity contribution in [3.8, 4) is 0 Å². The average Bonchev–Trinajstić information content (AvgIpc) is 3.24. The summed E-state index contributed by atoms with van der Waals surface area (Å²) in [5.41, 5.74) is 0. The number of carbonyl (C=O) groups is 1. The quantitative estimate of drug-likeness (QED) is 0.0272. The van der Waals surface area contributed by atoms with E-state index < -0.39 is 26.6 Å². The smallest absolute Gasteiger partial charge is 0.268 e. The van der Waals surface area contributed by atoms with Crippen molar-refractivity contribution in [1.29, 1.82) is 0 Å². The first-order chi connectivity index (χ1) is 30.5. The Morgan fingerprint density at radius 3 is 1.29 bits per heavy atom. The van der Waals surface area contributed by atoms with E-state index in [4.69, 9.17) is 9.05 Å². The number of allylic oxidation sites excluding steroid dienone is 5. The van der Waals surface area contributed by atoms with Crippen LogP contribution in [0.25, 0.3) is 0 Å². The number of hydrogen-bond acceptors (Lipinski definition) is 6. The summed E-state index contributed by atoms with van der Waals surface area (Å²) in [5.74, 6) is -0.205. The van der Waals surface area contributed by atoms with Crippen LogP contribution in [0.3, 0.4) is 0 Å². The van der Waals surface area contributed by atoms with Gasteiger partial charge in [0.1, 0.15) is 13.2 Å². The number of nitrogens with zero attached hydrogens (tertiary/aromatic N) is 1. The van der Waals surface area contributed by atoms with Crippen molar-refractivity contribution in [3.63, 3.8) is 0 Å². The largest absolute Gasteiger partial charge is 0.756 e. The minimum Gasteiger partial charge on any atom is -0.756 e. The highest BCUT2D eigenvalue weighted by Crippen LogP contribution is 2.38. The van der Waals surface area contributed by atoms with Gasteiger partial charge in [0, 0.05) is 6.42 Å². The van der Waals surface area contributed by atoms with Crippen LogP contribution in [-0.4, -0.2) is 68.5 Å². The highest BCUT2D eigenvalue weighted by molar-refractivity contribution is 7.45. The molecule has 3 atom stereocenters. The number of quaternary nitrogens is 1. The molecule has 0 saturated heterocycles. The summed E-state index contributed by atoms with van der Waals surface area (Å²) >= 11 is 0. The Morgan fingerprint density at radius 1 is 0.540 bits per heavy atom. The molecule has 3 unspecified atom stereocenters. The zero-order valence-corrected chi connectivity index (χ0v) is 43.2. The van der Waals surface area contributed by atoms with Crippen LogP contribution in [0.2, 0.25) is 0 Å².